The second kappa shape index (κ2) is 10.5. The number of rotatable bonds is 10. The Labute approximate surface area is 177 Å². The van der Waals surface area contributed by atoms with E-state index in [1.807, 2.05) is 30.3 Å². The van der Waals surface area contributed by atoms with Crippen molar-refractivity contribution in [3.63, 3.8) is 0 Å². The largest absolute Gasteiger partial charge is 0.489 e. The lowest BCUT2D eigenvalue weighted by Crippen LogP contribution is -2.31. The van der Waals surface area contributed by atoms with Crippen molar-refractivity contribution in [3.05, 3.63) is 70.0 Å². The van der Waals surface area contributed by atoms with Gasteiger partial charge in [-0.25, -0.2) is 4.90 Å². The van der Waals surface area contributed by atoms with Gasteiger partial charge < -0.3 is 14.9 Å². The maximum Gasteiger partial charge on any atom is 0.273 e. The average Bonchev–Trinajstić information content (AvgIpc) is 2.99. The van der Waals surface area contributed by atoms with Crippen LogP contribution in [0.15, 0.2) is 64.4 Å². The number of thioether (sulfide) groups is 2. The highest BCUT2D eigenvalue weighted by molar-refractivity contribution is 8.08. The number of ether oxygens (including phenoxy) is 1. The topological polar surface area (TPSA) is 87.1 Å². The lowest BCUT2D eigenvalue weighted by Gasteiger charge is -2.16. The average molecular weight is 432 g/mol. The molecule has 8 heteroatoms. The Kier molecular flexibility index (Phi) is 7.76. The van der Waals surface area contributed by atoms with Crippen LogP contribution in [0.1, 0.15) is 5.56 Å². The van der Waals surface area contributed by atoms with Gasteiger partial charge in [0, 0.05) is 11.5 Å². The van der Waals surface area contributed by atoms with Crippen LogP contribution in [0.25, 0.3) is 0 Å². The molecule has 0 saturated carbocycles. The smallest absolute Gasteiger partial charge is 0.273 e. The van der Waals surface area contributed by atoms with Crippen molar-refractivity contribution in [1.29, 1.82) is 0 Å². The molecule has 0 radical (unpaired) electrons. The van der Waals surface area contributed by atoms with Crippen molar-refractivity contribution in [2.45, 2.75) is 6.61 Å². The molecule has 0 saturated heterocycles. The molecule has 1 heterocycles. The predicted octanol–water partition coefficient (Wildman–Crippen LogP) is 2.80. The summed E-state index contributed by atoms with van der Waals surface area (Å²) in [5, 5.41) is 18.1. The molecule has 2 aromatic rings. The van der Waals surface area contributed by atoms with E-state index in [4.69, 9.17) is 14.9 Å². The first-order valence-electron chi connectivity index (χ1n) is 9.03. The lowest BCUT2D eigenvalue weighted by molar-refractivity contribution is -0.120. The van der Waals surface area contributed by atoms with E-state index >= 15 is 0 Å². The van der Waals surface area contributed by atoms with Crippen LogP contribution in [0.2, 0.25) is 0 Å². The minimum atomic E-state index is -0.410. The Morgan fingerprint density at radius 2 is 1.34 bits per heavy atom. The van der Waals surface area contributed by atoms with Gasteiger partial charge in [-0.1, -0.05) is 30.3 Å². The highest BCUT2D eigenvalue weighted by Gasteiger charge is 2.39. The molecule has 0 spiro atoms. The first kappa shape index (κ1) is 21.4. The zero-order chi connectivity index (χ0) is 20.6. The number of aliphatic hydroxyl groups is 2. The number of anilines is 1. The van der Waals surface area contributed by atoms with Gasteiger partial charge in [-0.15, -0.1) is 23.5 Å². The summed E-state index contributed by atoms with van der Waals surface area (Å²) in [6.07, 6.45) is 0. The fraction of sp³-hybridized carbons (Fsp3) is 0.238. The molecule has 0 atom stereocenters. The van der Waals surface area contributed by atoms with Crippen molar-refractivity contribution in [2.75, 3.05) is 29.6 Å². The van der Waals surface area contributed by atoms with Crippen LogP contribution >= 0.6 is 23.5 Å². The van der Waals surface area contributed by atoms with E-state index in [-0.39, 0.29) is 13.2 Å². The zero-order valence-corrected chi connectivity index (χ0v) is 17.2. The Bertz CT molecular complexity index is 854. The van der Waals surface area contributed by atoms with Crippen molar-refractivity contribution in [1.82, 2.24) is 0 Å². The normalized spacial score (nSPS) is 14.1. The van der Waals surface area contributed by atoms with Gasteiger partial charge in [0.2, 0.25) is 0 Å². The molecule has 1 aliphatic rings. The summed E-state index contributed by atoms with van der Waals surface area (Å²) in [4.78, 5) is 27.4. The summed E-state index contributed by atoms with van der Waals surface area (Å²) in [5.41, 5.74) is 1.50. The molecule has 2 amide bonds. The third-order valence-corrected chi connectivity index (χ3v) is 6.26. The fourth-order valence-corrected chi connectivity index (χ4v) is 4.52. The summed E-state index contributed by atoms with van der Waals surface area (Å²) in [5.74, 6) is 0.447. The van der Waals surface area contributed by atoms with Crippen LogP contribution in [-0.4, -0.2) is 46.7 Å². The molecule has 152 valence electrons. The molecule has 0 unspecified atom stereocenters. The van der Waals surface area contributed by atoms with Gasteiger partial charge in [0.15, 0.2) is 0 Å². The third-order valence-electron chi connectivity index (χ3n) is 4.02. The predicted molar refractivity (Wildman–Crippen MR) is 116 cm³/mol. The number of benzene rings is 2. The number of nitrogens with zero attached hydrogens (tertiary/aromatic N) is 1. The van der Waals surface area contributed by atoms with Crippen molar-refractivity contribution < 1.29 is 24.5 Å². The van der Waals surface area contributed by atoms with E-state index in [1.165, 1.54) is 0 Å². The highest BCUT2D eigenvalue weighted by Crippen LogP contribution is 2.38. The van der Waals surface area contributed by atoms with Crippen molar-refractivity contribution in [3.8, 4) is 5.75 Å². The van der Waals surface area contributed by atoms with Gasteiger partial charge in [-0.05, 0) is 29.8 Å². The molecular formula is C21H21NO5S2. The molecule has 0 fully saturated rings. The number of carbonyl (C=O) groups excluding carboxylic acids is 2. The van der Waals surface area contributed by atoms with Gasteiger partial charge >= 0.3 is 0 Å². The monoisotopic (exact) mass is 431 g/mol. The van der Waals surface area contributed by atoms with Gasteiger partial charge in [0.05, 0.1) is 28.7 Å². The molecule has 3 rings (SSSR count). The summed E-state index contributed by atoms with van der Waals surface area (Å²) < 4.78 is 5.75. The summed E-state index contributed by atoms with van der Waals surface area (Å²) in [6.45, 7) is 0.231. The number of amides is 2. The van der Waals surface area contributed by atoms with Crippen LogP contribution in [-0.2, 0) is 16.2 Å². The van der Waals surface area contributed by atoms with E-state index in [0.29, 0.717) is 39.4 Å². The first-order valence-corrected chi connectivity index (χ1v) is 11.0. The molecule has 2 N–H and O–H groups in total. The van der Waals surface area contributed by atoms with Gasteiger partial charge in [0.1, 0.15) is 12.4 Å². The number of imide groups is 1. The standard InChI is InChI=1S/C21H21NO5S2/c23-10-12-28-18-19(29-13-11-24)21(26)22(20(18)25)16-6-8-17(9-7-16)27-14-15-4-2-1-3-5-15/h1-9,23-24H,10-14H2. The molecule has 6 nitrogen and oxygen atoms in total. The maximum absolute atomic E-state index is 12.8. The van der Waals surface area contributed by atoms with E-state index in [0.717, 1.165) is 34.0 Å². The van der Waals surface area contributed by atoms with Crippen LogP contribution in [0.3, 0.4) is 0 Å². The summed E-state index contributed by atoms with van der Waals surface area (Å²) in [7, 11) is 0. The van der Waals surface area contributed by atoms with Gasteiger partial charge in [-0.2, -0.15) is 0 Å². The van der Waals surface area contributed by atoms with E-state index < -0.39 is 11.8 Å². The van der Waals surface area contributed by atoms with E-state index in [9.17, 15) is 9.59 Å². The summed E-state index contributed by atoms with van der Waals surface area (Å²) in [6, 6.07) is 16.6. The molecular weight excluding hydrogens is 410 g/mol. The first-order chi connectivity index (χ1) is 14.2. The van der Waals surface area contributed by atoms with E-state index in [1.54, 1.807) is 24.3 Å². The quantitative estimate of drug-likeness (QED) is 0.560. The number of aliphatic hydroxyl groups excluding tert-OH is 2. The molecule has 0 aliphatic carbocycles. The molecule has 1 aliphatic heterocycles. The molecule has 29 heavy (non-hydrogen) atoms. The SMILES string of the molecule is O=C1C(SCCO)=C(SCCO)C(=O)N1c1ccc(OCc2ccccc2)cc1. The van der Waals surface area contributed by atoms with Crippen LogP contribution in [0, 0.1) is 0 Å². The van der Waals surface area contributed by atoms with Gasteiger partial charge in [-0.3, -0.25) is 9.59 Å². The zero-order valence-electron chi connectivity index (χ0n) is 15.6. The Morgan fingerprint density at radius 1 is 0.793 bits per heavy atom. The van der Waals surface area contributed by atoms with E-state index in [2.05, 4.69) is 0 Å². The minimum Gasteiger partial charge on any atom is -0.489 e. The second-order valence-corrected chi connectivity index (χ2v) is 8.23. The Morgan fingerprint density at radius 3 is 1.86 bits per heavy atom. The van der Waals surface area contributed by atoms with Crippen LogP contribution < -0.4 is 9.64 Å². The third kappa shape index (κ3) is 5.22. The van der Waals surface area contributed by atoms with Crippen LogP contribution in [0.4, 0.5) is 5.69 Å². The molecule has 0 bridgehead atoms. The minimum absolute atomic E-state index is 0.0962. The second-order valence-electron chi connectivity index (χ2n) is 6.02. The number of hydrogen-bond acceptors (Lipinski definition) is 7. The van der Waals surface area contributed by atoms with Crippen LogP contribution in [0.5, 0.6) is 5.75 Å². The lowest BCUT2D eigenvalue weighted by atomic mass is 10.2. The summed E-state index contributed by atoms with van der Waals surface area (Å²) >= 11 is 2.30. The Hall–Kier alpha value is -2.26. The number of hydrogen-bond donors (Lipinski definition) is 2. The van der Waals surface area contributed by atoms with Crippen molar-refractivity contribution in [2.24, 2.45) is 0 Å². The fourth-order valence-electron chi connectivity index (χ4n) is 2.71. The number of carbonyl (C=O) groups is 2. The van der Waals surface area contributed by atoms with Gasteiger partial charge in [0.25, 0.3) is 11.8 Å². The maximum atomic E-state index is 12.8. The van der Waals surface area contributed by atoms with Crippen molar-refractivity contribution >= 4 is 41.0 Å². The Balaban J connectivity index is 1.72. The highest BCUT2D eigenvalue weighted by atomic mass is 32.2. The molecule has 2 aromatic carbocycles. The molecule has 0 aromatic heterocycles.